The molecule has 0 radical (unpaired) electrons. The lowest BCUT2D eigenvalue weighted by Crippen LogP contribution is -2.50. The van der Waals surface area contributed by atoms with Crippen molar-refractivity contribution in [3.8, 4) is 11.5 Å². The highest BCUT2D eigenvalue weighted by Crippen LogP contribution is 2.20. The largest absolute Gasteiger partial charge is 0.484 e. The summed E-state index contributed by atoms with van der Waals surface area (Å²) >= 11 is 4.93. The number of thiocarbonyl (C=S) groups is 1. The molecule has 164 valence electrons. The van der Waals surface area contributed by atoms with Crippen molar-refractivity contribution in [1.29, 1.82) is 0 Å². The number of nitro groups is 1. The minimum atomic E-state index is -0.581. The highest BCUT2D eigenvalue weighted by atomic mass is 32.1. The molecule has 0 bridgehead atoms. The third-order valence-electron chi connectivity index (χ3n) is 4.08. The number of nitrogens with zero attached hydrogens (tertiary/aromatic N) is 1. The van der Waals surface area contributed by atoms with E-state index in [2.05, 4.69) is 16.2 Å². The van der Waals surface area contributed by atoms with Crippen LogP contribution in [0.25, 0.3) is 10.8 Å². The zero-order valence-corrected chi connectivity index (χ0v) is 17.4. The Morgan fingerprint density at radius 1 is 0.844 bits per heavy atom. The second kappa shape index (κ2) is 10.7. The standard InChI is InChI=1S/C21H18N4O6S/c26-19(12-30-17-9-6-16(7-10-17)25(28)29)22-21(32)24-23-20(27)13-31-18-8-5-14-3-1-2-4-15(14)11-18/h1-11H,12-13H2,(H,23,27)(H2,22,24,26,32). The molecule has 0 aromatic heterocycles. The lowest BCUT2D eigenvalue weighted by atomic mass is 10.1. The number of hydrazine groups is 1. The van der Waals surface area contributed by atoms with Gasteiger partial charge in [-0.1, -0.05) is 30.3 Å². The number of nitro benzene ring substituents is 1. The van der Waals surface area contributed by atoms with Gasteiger partial charge in [-0.05, 0) is 47.3 Å². The normalized spacial score (nSPS) is 10.1. The van der Waals surface area contributed by atoms with Crippen molar-refractivity contribution in [3.05, 3.63) is 76.8 Å². The molecule has 3 aromatic carbocycles. The van der Waals surface area contributed by atoms with Crippen molar-refractivity contribution in [1.82, 2.24) is 16.2 Å². The molecule has 3 aromatic rings. The molecule has 32 heavy (non-hydrogen) atoms. The third-order valence-corrected chi connectivity index (χ3v) is 4.28. The minimum Gasteiger partial charge on any atom is -0.484 e. The van der Waals surface area contributed by atoms with Gasteiger partial charge < -0.3 is 9.47 Å². The predicted molar refractivity (Wildman–Crippen MR) is 120 cm³/mol. The fraction of sp³-hybridized carbons (Fsp3) is 0.0952. The van der Waals surface area contributed by atoms with Crippen LogP contribution in [0.15, 0.2) is 66.7 Å². The molecular weight excluding hydrogens is 436 g/mol. The van der Waals surface area contributed by atoms with Crippen molar-refractivity contribution >= 4 is 45.6 Å². The number of non-ortho nitro benzene ring substituents is 1. The molecule has 11 heteroatoms. The van der Waals surface area contributed by atoms with Crippen LogP contribution >= 0.6 is 12.2 Å². The zero-order chi connectivity index (χ0) is 22.9. The Bertz CT molecular complexity index is 1150. The number of nitrogens with one attached hydrogen (secondary N) is 3. The van der Waals surface area contributed by atoms with Crippen molar-refractivity contribution in [2.24, 2.45) is 0 Å². The second-order valence-electron chi connectivity index (χ2n) is 6.39. The Morgan fingerprint density at radius 2 is 1.47 bits per heavy atom. The average molecular weight is 454 g/mol. The fourth-order valence-corrected chi connectivity index (χ4v) is 2.74. The molecule has 0 saturated carbocycles. The molecule has 0 saturated heterocycles. The molecule has 0 aliphatic rings. The van der Waals surface area contributed by atoms with Crippen molar-refractivity contribution in [2.45, 2.75) is 0 Å². The van der Waals surface area contributed by atoms with Crippen LogP contribution < -0.4 is 25.6 Å². The van der Waals surface area contributed by atoms with E-state index < -0.39 is 16.7 Å². The molecule has 0 fully saturated rings. The average Bonchev–Trinajstić information content (AvgIpc) is 2.80. The number of amides is 2. The van der Waals surface area contributed by atoms with Crippen LogP contribution in [-0.4, -0.2) is 35.1 Å². The van der Waals surface area contributed by atoms with Gasteiger partial charge in [0.1, 0.15) is 11.5 Å². The summed E-state index contributed by atoms with van der Waals surface area (Å²) in [5.41, 5.74) is 4.61. The van der Waals surface area contributed by atoms with E-state index in [0.29, 0.717) is 5.75 Å². The van der Waals surface area contributed by atoms with E-state index in [4.69, 9.17) is 21.7 Å². The van der Waals surface area contributed by atoms with Gasteiger partial charge in [0.15, 0.2) is 18.3 Å². The summed E-state index contributed by atoms with van der Waals surface area (Å²) < 4.78 is 10.7. The number of ether oxygens (including phenoxy) is 2. The summed E-state index contributed by atoms with van der Waals surface area (Å²) in [5, 5.41) is 14.8. The van der Waals surface area contributed by atoms with Crippen LogP contribution in [0.2, 0.25) is 0 Å². The van der Waals surface area contributed by atoms with Gasteiger partial charge in [-0.15, -0.1) is 0 Å². The van der Waals surface area contributed by atoms with Crippen LogP contribution in [0.5, 0.6) is 11.5 Å². The van der Waals surface area contributed by atoms with Crippen LogP contribution in [-0.2, 0) is 9.59 Å². The monoisotopic (exact) mass is 454 g/mol. The molecule has 0 heterocycles. The molecular formula is C21H18N4O6S. The summed E-state index contributed by atoms with van der Waals surface area (Å²) in [5.74, 6) is -0.263. The van der Waals surface area contributed by atoms with Crippen LogP contribution in [0, 0.1) is 10.1 Å². The number of carbonyl (C=O) groups is 2. The second-order valence-corrected chi connectivity index (χ2v) is 6.80. The first kappa shape index (κ1) is 22.4. The minimum absolute atomic E-state index is 0.0903. The van der Waals surface area contributed by atoms with Gasteiger partial charge in [0.25, 0.3) is 17.5 Å². The molecule has 0 atom stereocenters. The topological polar surface area (TPSA) is 132 Å². The maximum atomic E-state index is 11.9. The SMILES string of the molecule is O=C(COc1ccc2ccccc2c1)NNC(=S)NC(=O)COc1ccc([N+](=O)[O-])cc1. The van der Waals surface area contributed by atoms with E-state index in [-0.39, 0.29) is 29.8 Å². The number of hydrogen-bond acceptors (Lipinski definition) is 7. The molecule has 10 nitrogen and oxygen atoms in total. The van der Waals surface area contributed by atoms with Gasteiger partial charge in [-0.25, -0.2) is 0 Å². The lowest BCUT2D eigenvalue weighted by Gasteiger charge is -2.12. The van der Waals surface area contributed by atoms with Gasteiger partial charge in [0.05, 0.1) is 4.92 Å². The third kappa shape index (κ3) is 6.64. The molecule has 0 aliphatic heterocycles. The summed E-state index contributed by atoms with van der Waals surface area (Å²) in [7, 11) is 0. The van der Waals surface area contributed by atoms with E-state index in [0.717, 1.165) is 10.8 Å². The maximum Gasteiger partial charge on any atom is 0.276 e. The first-order valence-corrected chi connectivity index (χ1v) is 9.69. The van der Waals surface area contributed by atoms with Crippen molar-refractivity contribution in [3.63, 3.8) is 0 Å². The smallest absolute Gasteiger partial charge is 0.276 e. The number of fused-ring (bicyclic) bond motifs is 1. The Hall–Kier alpha value is -4.25. The first-order valence-electron chi connectivity index (χ1n) is 9.28. The number of hydrogen-bond donors (Lipinski definition) is 3. The predicted octanol–water partition coefficient (Wildman–Crippen LogP) is 2.23. The van der Waals surface area contributed by atoms with E-state index >= 15 is 0 Å². The summed E-state index contributed by atoms with van der Waals surface area (Å²) in [6, 6.07) is 18.5. The Morgan fingerprint density at radius 3 is 2.19 bits per heavy atom. The summed E-state index contributed by atoms with van der Waals surface area (Å²) in [4.78, 5) is 33.8. The van der Waals surface area contributed by atoms with Crippen LogP contribution in [0.3, 0.4) is 0 Å². The van der Waals surface area contributed by atoms with Crippen molar-refractivity contribution in [2.75, 3.05) is 13.2 Å². The highest BCUT2D eigenvalue weighted by molar-refractivity contribution is 7.80. The number of benzene rings is 3. The van der Waals surface area contributed by atoms with Gasteiger partial charge in [0, 0.05) is 12.1 Å². The maximum absolute atomic E-state index is 11.9. The molecule has 2 amide bonds. The van der Waals surface area contributed by atoms with Gasteiger partial charge >= 0.3 is 0 Å². The summed E-state index contributed by atoms with van der Waals surface area (Å²) in [6.45, 7) is -0.635. The lowest BCUT2D eigenvalue weighted by molar-refractivity contribution is -0.384. The Labute approximate surface area is 187 Å². The molecule has 0 unspecified atom stereocenters. The van der Waals surface area contributed by atoms with Gasteiger partial charge in [-0.3, -0.25) is 35.9 Å². The molecule has 3 rings (SSSR count). The Kier molecular flexibility index (Phi) is 7.49. The van der Waals surface area contributed by atoms with Crippen LogP contribution in [0.1, 0.15) is 0 Å². The van der Waals surface area contributed by atoms with E-state index in [9.17, 15) is 19.7 Å². The van der Waals surface area contributed by atoms with Crippen LogP contribution in [0.4, 0.5) is 5.69 Å². The highest BCUT2D eigenvalue weighted by Gasteiger charge is 2.09. The van der Waals surface area contributed by atoms with Gasteiger partial charge in [-0.2, -0.15) is 0 Å². The van der Waals surface area contributed by atoms with E-state index in [1.165, 1.54) is 24.3 Å². The van der Waals surface area contributed by atoms with Crippen molar-refractivity contribution < 1.29 is 24.0 Å². The van der Waals surface area contributed by atoms with E-state index in [1.807, 2.05) is 36.4 Å². The fourth-order valence-electron chi connectivity index (χ4n) is 2.58. The molecule has 3 N–H and O–H groups in total. The van der Waals surface area contributed by atoms with E-state index in [1.54, 1.807) is 6.07 Å². The van der Waals surface area contributed by atoms with Gasteiger partial charge in [0.2, 0.25) is 0 Å². The first-order chi connectivity index (χ1) is 15.4. The summed E-state index contributed by atoms with van der Waals surface area (Å²) in [6.07, 6.45) is 0. The molecule has 0 aliphatic carbocycles. The number of rotatable bonds is 7. The quantitative estimate of drug-likeness (QED) is 0.281. The Balaban J connectivity index is 1.35. The number of carbonyl (C=O) groups excluding carboxylic acids is 2. The molecule has 0 spiro atoms. The zero-order valence-electron chi connectivity index (χ0n) is 16.6.